The highest BCUT2D eigenvalue weighted by Gasteiger charge is 2.03. The molecule has 0 amide bonds. The van der Waals surface area contributed by atoms with Crippen LogP contribution >= 0.6 is 0 Å². The Labute approximate surface area is 107 Å². The third-order valence-corrected chi connectivity index (χ3v) is 2.78. The molecule has 1 aromatic carbocycles. The van der Waals surface area contributed by atoms with Crippen molar-refractivity contribution < 1.29 is 22.4 Å². The fraction of sp³-hybridized carbons (Fsp3) is 0.333. The molecule has 0 unspecified atom stereocenters. The SMILES string of the molecule is C=Cc1ccc(OCCOCCS(=O)(=O)O)cc1. The van der Waals surface area contributed by atoms with E-state index in [1.54, 1.807) is 6.08 Å². The first-order valence-corrected chi connectivity index (χ1v) is 7.00. The maximum absolute atomic E-state index is 10.4. The minimum Gasteiger partial charge on any atom is -0.491 e. The van der Waals surface area contributed by atoms with Gasteiger partial charge in [0.15, 0.2) is 0 Å². The fourth-order valence-electron chi connectivity index (χ4n) is 1.18. The van der Waals surface area contributed by atoms with Crippen LogP contribution in [0.5, 0.6) is 5.75 Å². The van der Waals surface area contributed by atoms with Gasteiger partial charge in [0.25, 0.3) is 10.1 Å². The monoisotopic (exact) mass is 272 g/mol. The first kappa shape index (κ1) is 14.7. The van der Waals surface area contributed by atoms with E-state index >= 15 is 0 Å². The zero-order valence-corrected chi connectivity index (χ0v) is 10.7. The van der Waals surface area contributed by atoms with Gasteiger partial charge in [0.2, 0.25) is 0 Å². The van der Waals surface area contributed by atoms with Gasteiger partial charge >= 0.3 is 0 Å². The largest absolute Gasteiger partial charge is 0.491 e. The summed E-state index contributed by atoms with van der Waals surface area (Å²) in [7, 11) is -3.95. The van der Waals surface area contributed by atoms with Gasteiger partial charge in [0.05, 0.1) is 19.0 Å². The lowest BCUT2D eigenvalue weighted by atomic mass is 10.2. The average Bonchev–Trinajstić information content (AvgIpc) is 2.33. The van der Waals surface area contributed by atoms with Crippen LogP contribution in [0.1, 0.15) is 5.56 Å². The average molecular weight is 272 g/mol. The van der Waals surface area contributed by atoms with Crippen LogP contribution in [-0.2, 0) is 14.9 Å². The van der Waals surface area contributed by atoms with E-state index in [1.165, 1.54) is 0 Å². The van der Waals surface area contributed by atoms with E-state index < -0.39 is 15.9 Å². The van der Waals surface area contributed by atoms with Crippen molar-refractivity contribution in [2.45, 2.75) is 0 Å². The normalized spacial score (nSPS) is 11.2. The molecule has 0 fully saturated rings. The molecule has 18 heavy (non-hydrogen) atoms. The van der Waals surface area contributed by atoms with Crippen LogP contribution in [0.25, 0.3) is 6.08 Å². The number of benzene rings is 1. The summed E-state index contributed by atoms with van der Waals surface area (Å²) in [5, 5.41) is 0. The van der Waals surface area contributed by atoms with Gasteiger partial charge in [0.1, 0.15) is 12.4 Å². The molecule has 5 nitrogen and oxygen atoms in total. The second-order valence-corrected chi connectivity index (χ2v) is 5.09. The van der Waals surface area contributed by atoms with Crippen molar-refractivity contribution in [3.8, 4) is 5.75 Å². The van der Waals surface area contributed by atoms with Gasteiger partial charge in [-0.1, -0.05) is 24.8 Å². The van der Waals surface area contributed by atoms with E-state index in [1.807, 2.05) is 24.3 Å². The van der Waals surface area contributed by atoms with E-state index in [4.69, 9.17) is 14.0 Å². The van der Waals surface area contributed by atoms with E-state index in [-0.39, 0.29) is 13.2 Å². The zero-order chi connectivity index (χ0) is 13.4. The Morgan fingerprint density at radius 3 is 2.39 bits per heavy atom. The highest BCUT2D eigenvalue weighted by molar-refractivity contribution is 7.85. The third-order valence-electron chi connectivity index (χ3n) is 2.10. The first-order chi connectivity index (χ1) is 8.51. The van der Waals surface area contributed by atoms with Crippen LogP contribution in [-0.4, -0.2) is 38.5 Å². The first-order valence-electron chi connectivity index (χ1n) is 5.39. The molecule has 0 radical (unpaired) electrons. The highest BCUT2D eigenvalue weighted by atomic mass is 32.2. The van der Waals surface area contributed by atoms with Crippen LogP contribution < -0.4 is 4.74 Å². The lowest BCUT2D eigenvalue weighted by molar-refractivity contribution is 0.110. The summed E-state index contributed by atoms with van der Waals surface area (Å²) in [6.45, 7) is 4.18. The van der Waals surface area contributed by atoms with E-state index in [2.05, 4.69) is 6.58 Å². The molecule has 0 saturated heterocycles. The number of rotatable bonds is 8. The second-order valence-electron chi connectivity index (χ2n) is 3.52. The molecule has 6 heteroatoms. The Kier molecular flexibility index (Phi) is 5.84. The van der Waals surface area contributed by atoms with Gasteiger partial charge < -0.3 is 9.47 Å². The molecule has 0 aromatic heterocycles. The molecule has 0 spiro atoms. The minimum absolute atomic E-state index is 0.0441. The summed E-state index contributed by atoms with van der Waals surface area (Å²) in [6.07, 6.45) is 1.74. The van der Waals surface area contributed by atoms with Crippen molar-refractivity contribution in [1.82, 2.24) is 0 Å². The van der Waals surface area contributed by atoms with Crippen molar-refractivity contribution in [2.24, 2.45) is 0 Å². The third kappa shape index (κ3) is 6.39. The van der Waals surface area contributed by atoms with Gasteiger partial charge in [-0.2, -0.15) is 8.42 Å². The maximum Gasteiger partial charge on any atom is 0.267 e. The van der Waals surface area contributed by atoms with Gasteiger partial charge in [-0.05, 0) is 17.7 Å². The lowest BCUT2D eigenvalue weighted by Crippen LogP contribution is -2.14. The molecule has 0 bridgehead atoms. The number of ether oxygens (including phenoxy) is 2. The van der Waals surface area contributed by atoms with Crippen molar-refractivity contribution in [3.63, 3.8) is 0 Å². The Morgan fingerprint density at radius 1 is 1.17 bits per heavy atom. The van der Waals surface area contributed by atoms with Gasteiger partial charge in [-0.3, -0.25) is 4.55 Å². The molecular weight excluding hydrogens is 256 g/mol. The predicted octanol–water partition coefficient (Wildman–Crippen LogP) is 1.61. The van der Waals surface area contributed by atoms with Crippen molar-refractivity contribution >= 4 is 16.2 Å². The summed E-state index contributed by atoms with van der Waals surface area (Å²) in [6, 6.07) is 7.38. The Morgan fingerprint density at radius 2 is 1.83 bits per heavy atom. The smallest absolute Gasteiger partial charge is 0.267 e. The van der Waals surface area contributed by atoms with Crippen LogP contribution in [0.15, 0.2) is 30.8 Å². The Bertz CT molecular complexity index is 464. The second kappa shape index (κ2) is 7.15. The van der Waals surface area contributed by atoms with Gasteiger partial charge in [-0.25, -0.2) is 0 Å². The van der Waals surface area contributed by atoms with E-state index in [9.17, 15) is 8.42 Å². The van der Waals surface area contributed by atoms with E-state index in [0.29, 0.717) is 12.4 Å². The summed E-state index contributed by atoms with van der Waals surface area (Å²) in [5.41, 5.74) is 1.01. The van der Waals surface area contributed by atoms with Crippen LogP contribution in [0.2, 0.25) is 0 Å². The lowest BCUT2D eigenvalue weighted by Gasteiger charge is -2.06. The Hall–Kier alpha value is -1.37. The maximum atomic E-state index is 10.4. The molecule has 0 aliphatic heterocycles. The molecule has 100 valence electrons. The van der Waals surface area contributed by atoms with Crippen molar-refractivity contribution in [2.75, 3.05) is 25.6 Å². The van der Waals surface area contributed by atoms with Crippen molar-refractivity contribution in [3.05, 3.63) is 36.4 Å². The molecule has 1 aromatic rings. The summed E-state index contributed by atoms with van der Waals surface area (Å²) in [5.74, 6) is 0.306. The van der Waals surface area contributed by atoms with Crippen LogP contribution in [0.3, 0.4) is 0 Å². The minimum atomic E-state index is -3.95. The quantitative estimate of drug-likeness (QED) is 0.575. The predicted molar refractivity (Wildman–Crippen MR) is 69.3 cm³/mol. The van der Waals surface area contributed by atoms with Crippen LogP contribution in [0, 0.1) is 0 Å². The zero-order valence-electron chi connectivity index (χ0n) is 9.91. The van der Waals surface area contributed by atoms with Gasteiger partial charge in [-0.15, -0.1) is 0 Å². The molecule has 0 aliphatic carbocycles. The fourth-order valence-corrected chi connectivity index (χ4v) is 1.51. The van der Waals surface area contributed by atoms with Crippen LogP contribution in [0.4, 0.5) is 0 Å². The Balaban J connectivity index is 2.15. The summed E-state index contributed by atoms with van der Waals surface area (Å²) < 4.78 is 39.6. The summed E-state index contributed by atoms with van der Waals surface area (Å²) >= 11 is 0. The molecule has 1 N–H and O–H groups in total. The summed E-state index contributed by atoms with van der Waals surface area (Å²) in [4.78, 5) is 0. The molecule has 0 atom stereocenters. The van der Waals surface area contributed by atoms with Gasteiger partial charge in [0, 0.05) is 0 Å². The molecule has 0 saturated carbocycles. The van der Waals surface area contributed by atoms with E-state index in [0.717, 1.165) is 5.56 Å². The number of hydrogen-bond donors (Lipinski definition) is 1. The molecule has 0 heterocycles. The highest BCUT2D eigenvalue weighted by Crippen LogP contribution is 2.12. The number of hydrogen-bond acceptors (Lipinski definition) is 4. The molecular formula is C12H16O5S. The van der Waals surface area contributed by atoms with Crippen molar-refractivity contribution in [1.29, 1.82) is 0 Å². The molecule has 1 rings (SSSR count). The molecule has 0 aliphatic rings. The topological polar surface area (TPSA) is 72.8 Å². The standard InChI is InChI=1S/C12H16O5S/c1-2-11-3-5-12(6-4-11)17-8-7-16-9-10-18(13,14)15/h2-6H,1,7-10H2,(H,13,14,15).